The summed E-state index contributed by atoms with van der Waals surface area (Å²) in [4.78, 5) is 5.65. The van der Waals surface area contributed by atoms with Crippen LogP contribution in [0.1, 0.15) is 11.1 Å². The molecule has 5 nitrogen and oxygen atoms in total. The number of thioether (sulfide) groups is 1. The average Bonchev–Trinajstić information content (AvgIpc) is 3.39. The molecule has 0 aliphatic rings. The second kappa shape index (κ2) is 11.4. The molecule has 35 heavy (non-hydrogen) atoms. The van der Waals surface area contributed by atoms with Crippen molar-refractivity contribution in [2.75, 3.05) is 11.5 Å². The Hall–Kier alpha value is -2.67. The first kappa shape index (κ1) is 25.4. The van der Waals surface area contributed by atoms with Crippen molar-refractivity contribution in [1.82, 2.24) is 4.98 Å². The molecule has 0 radical (unpaired) electrons. The summed E-state index contributed by atoms with van der Waals surface area (Å²) >= 11 is 8.60. The minimum absolute atomic E-state index is 0.0870. The molecule has 1 N–H and O–H groups in total. The van der Waals surface area contributed by atoms with Crippen LogP contribution in [0, 0.1) is 11.3 Å². The van der Waals surface area contributed by atoms with E-state index in [2.05, 4.69) is 6.07 Å². The highest BCUT2D eigenvalue weighted by Crippen LogP contribution is 2.35. The van der Waals surface area contributed by atoms with Crippen molar-refractivity contribution in [1.29, 1.82) is 5.26 Å². The lowest BCUT2D eigenvalue weighted by Crippen LogP contribution is -2.24. The molecule has 1 unspecified atom stereocenters. The van der Waals surface area contributed by atoms with E-state index in [9.17, 15) is 18.8 Å². The summed E-state index contributed by atoms with van der Waals surface area (Å²) in [7, 11) is -3.55. The van der Waals surface area contributed by atoms with Gasteiger partial charge >= 0.3 is 0 Å². The van der Waals surface area contributed by atoms with Crippen molar-refractivity contribution in [3.05, 3.63) is 94.3 Å². The van der Waals surface area contributed by atoms with E-state index in [-0.39, 0.29) is 17.3 Å². The zero-order valence-electron chi connectivity index (χ0n) is 18.5. The smallest absolute Gasteiger partial charge is 0.157 e. The first-order chi connectivity index (χ1) is 16.8. The maximum absolute atomic E-state index is 12.6. The van der Waals surface area contributed by atoms with E-state index < -0.39 is 15.9 Å². The quantitative estimate of drug-likeness (QED) is 0.259. The molecule has 4 rings (SSSR count). The number of aliphatic hydroxyl groups excluding tert-OH is 1. The molecule has 0 spiro atoms. The van der Waals surface area contributed by atoms with Crippen LogP contribution in [0.25, 0.3) is 21.7 Å². The van der Waals surface area contributed by atoms with Gasteiger partial charge in [0.05, 0.1) is 33.7 Å². The minimum atomic E-state index is -3.55. The van der Waals surface area contributed by atoms with Gasteiger partial charge in [0.1, 0.15) is 11.1 Å². The number of nitriles is 1. The summed E-state index contributed by atoms with van der Waals surface area (Å²) in [5.74, 6) is -0.482. The number of aliphatic hydroxyl groups is 1. The second-order valence-corrected chi connectivity index (χ2v) is 12.3. The van der Waals surface area contributed by atoms with Crippen molar-refractivity contribution >= 4 is 44.5 Å². The third-order valence-electron chi connectivity index (χ3n) is 5.12. The molecule has 0 aliphatic heterocycles. The lowest BCUT2D eigenvalue weighted by atomic mass is 10.0. The normalized spacial score (nSPS) is 12.3. The average molecular weight is 541 g/mol. The Morgan fingerprint density at radius 3 is 2.49 bits per heavy atom. The molecule has 1 atom stereocenters. The highest BCUT2D eigenvalue weighted by Gasteiger charge is 2.21. The molecule has 0 aliphatic carbocycles. The van der Waals surface area contributed by atoms with E-state index in [4.69, 9.17) is 16.6 Å². The van der Waals surface area contributed by atoms with Crippen LogP contribution >= 0.6 is 34.7 Å². The summed E-state index contributed by atoms with van der Waals surface area (Å²) < 4.78 is 25.2. The molecular formula is C26H21ClN2O3S3. The number of sulfone groups is 1. The fraction of sp³-hybridized carbons (Fsp3) is 0.154. The number of halogens is 1. The van der Waals surface area contributed by atoms with Crippen LogP contribution < -0.4 is 0 Å². The number of hydrogen-bond donors (Lipinski definition) is 1. The van der Waals surface area contributed by atoms with Crippen LogP contribution in [0.15, 0.2) is 83.2 Å². The fourth-order valence-electron chi connectivity index (χ4n) is 3.54. The second-order valence-electron chi connectivity index (χ2n) is 7.84. The van der Waals surface area contributed by atoms with Crippen LogP contribution in [-0.2, 0) is 15.6 Å². The highest BCUT2D eigenvalue weighted by atomic mass is 35.5. The summed E-state index contributed by atoms with van der Waals surface area (Å²) in [6, 6.07) is 24.2. The summed E-state index contributed by atoms with van der Waals surface area (Å²) in [6.07, 6.45) is -1.11. The monoisotopic (exact) mass is 540 g/mol. The number of thiophene rings is 1. The first-order valence-electron chi connectivity index (χ1n) is 10.6. The van der Waals surface area contributed by atoms with E-state index in [1.807, 2.05) is 53.9 Å². The van der Waals surface area contributed by atoms with Gasteiger partial charge in [-0.25, -0.2) is 13.4 Å². The Morgan fingerprint density at radius 2 is 1.83 bits per heavy atom. The van der Waals surface area contributed by atoms with Gasteiger partial charge in [-0.2, -0.15) is 5.26 Å². The van der Waals surface area contributed by atoms with Crippen LogP contribution in [0.3, 0.4) is 0 Å². The zero-order chi connectivity index (χ0) is 24.8. The predicted octanol–water partition coefficient (Wildman–Crippen LogP) is 6.07. The van der Waals surface area contributed by atoms with E-state index >= 15 is 0 Å². The summed E-state index contributed by atoms with van der Waals surface area (Å²) in [6.45, 7) is 0. The summed E-state index contributed by atoms with van der Waals surface area (Å²) in [5.41, 5.74) is 3.37. The van der Waals surface area contributed by atoms with Gasteiger partial charge in [0.25, 0.3) is 0 Å². The van der Waals surface area contributed by atoms with E-state index in [0.29, 0.717) is 21.2 Å². The standard InChI is InChI=1S/C26H21ClN2O3S3/c27-20-10-8-18(9-11-20)16-35(31,32)17-21(30)15-34-26-23(14-28)22(19-5-2-1-3-6-19)13-24(29-26)25-7-4-12-33-25/h1-13,21,30H,15-17H2. The van der Waals surface area contributed by atoms with Gasteiger partial charge in [0, 0.05) is 16.3 Å². The zero-order valence-corrected chi connectivity index (χ0v) is 21.7. The Morgan fingerprint density at radius 1 is 1.09 bits per heavy atom. The van der Waals surface area contributed by atoms with Crippen LogP contribution in [0.4, 0.5) is 0 Å². The van der Waals surface area contributed by atoms with Gasteiger partial charge in [-0.05, 0) is 40.8 Å². The van der Waals surface area contributed by atoms with Gasteiger partial charge in [-0.15, -0.1) is 23.1 Å². The minimum Gasteiger partial charge on any atom is -0.391 e. The van der Waals surface area contributed by atoms with Crippen molar-refractivity contribution in [2.24, 2.45) is 0 Å². The Bertz CT molecular complexity index is 1430. The molecule has 0 bridgehead atoms. The van der Waals surface area contributed by atoms with Gasteiger partial charge in [0.15, 0.2) is 9.84 Å². The third kappa shape index (κ3) is 6.72. The third-order valence-corrected chi connectivity index (χ3v) is 9.05. The topological polar surface area (TPSA) is 91.0 Å². The maximum atomic E-state index is 12.6. The number of nitrogens with zero attached hydrogens (tertiary/aromatic N) is 2. The maximum Gasteiger partial charge on any atom is 0.157 e. The number of hydrogen-bond acceptors (Lipinski definition) is 7. The largest absolute Gasteiger partial charge is 0.391 e. The van der Waals surface area contributed by atoms with Crippen LogP contribution in [0.5, 0.6) is 0 Å². The predicted molar refractivity (Wildman–Crippen MR) is 143 cm³/mol. The number of aromatic nitrogens is 1. The molecule has 0 fully saturated rings. The van der Waals surface area contributed by atoms with Crippen molar-refractivity contribution in [3.8, 4) is 27.8 Å². The molecule has 0 amide bonds. The Balaban J connectivity index is 1.55. The van der Waals surface area contributed by atoms with Crippen molar-refractivity contribution in [3.63, 3.8) is 0 Å². The molecule has 0 saturated carbocycles. The fourth-order valence-corrected chi connectivity index (χ4v) is 6.95. The van der Waals surface area contributed by atoms with Gasteiger partial charge in [-0.3, -0.25) is 0 Å². The summed E-state index contributed by atoms with van der Waals surface area (Å²) in [5, 5.41) is 23.4. The molecule has 178 valence electrons. The molecule has 2 aromatic heterocycles. The number of benzene rings is 2. The lowest BCUT2D eigenvalue weighted by molar-refractivity contribution is 0.222. The lowest BCUT2D eigenvalue weighted by Gasteiger charge is -2.14. The Kier molecular flexibility index (Phi) is 8.26. The first-order valence-corrected chi connectivity index (χ1v) is 14.7. The molecule has 4 aromatic rings. The Labute approximate surface area is 218 Å². The van der Waals surface area contributed by atoms with E-state index in [1.165, 1.54) is 11.8 Å². The van der Waals surface area contributed by atoms with Crippen LogP contribution in [-0.4, -0.2) is 36.1 Å². The van der Waals surface area contributed by atoms with Gasteiger partial charge < -0.3 is 5.11 Å². The van der Waals surface area contributed by atoms with E-state index in [1.54, 1.807) is 35.6 Å². The van der Waals surface area contributed by atoms with Gasteiger partial charge in [-0.1, -0.05) is 60.1 Å². The van der Waals surface area contributed by atoms with Crippen molar-refractivity contribution < 1.29 is 13.5 Å². The molecule has 2 heterocycles. The number of pyridine rings is 1. The van der Waals surface area contributed by atoms with E-state index in [0.717, 1.165) is 21.7 Å². The van der Waals surface area contributed by atoms with Gasteiger partial charge in [0.2, 0.25) is 0 Å². The van der Waals surface area contributed by atoms with Crippen molar-refractivity contribution in [2.45, 2.75) is 16.9 Å². The number of rotatable bonds is 9. The highest BCUT2D eigenvalue weighted by molar-refractivity contribution is 7.99. The molecule has 9 heteroatoms. The molecule has 2 aromatic carbocycles. The SMILES string of the molecule is N#Cc1c(-c2ccccc2)cc(-c2cccs2)nc1SCC(O)CS(=O)(=O)Cc1ccc(Cl)cc1. The molecular weight excluding hydrogens is 520 g/mol. The van der Waals surface area contributed by atoms with Crippen LogP contribution in [0.2, 0.25) is 5.02 Å². The molecule has 0 saturated heterocycles.